The van der Waals surface area contributed by atoms with Gasteiger partial charge in [-0.25, -0.2) is 9.18 Å². The quantitative estimate of drug-likeness (QED) is 0.815. The first-order valence-electron chi connectivity index (χ1n) is 8.82. The Hall–Kier alpha value is -2.77. The van der Waals surface area contributed by atoms with E-state index in [1.54, 1.807) is 24.3 Å². The summed E-state index contributed by atoms with van der Waals surface area (Å²) in [6.07, 6.45) is 0. The number of nitrogens with zero attached hydrogens (tertiary/aromatic N) is 2. The maximum absolute atomic E-state index is 12.9. The van der Waals surface area contributed by atoms with Gasteiger partial charge >= 0.3 is 5.97 Å². The molecule has 0 bridgehead atoms. The fourth-order valence-corrected chi connectivity index (χ4v) is 3.05. The standard InChI is InChI=1S/C20H22FN3O3/c21-17-5-7-18(8-6-17)22-19(25)14-24-11-9-23(10-12-24)13-15-1-3-16(4-2-15)20(26)27/h1-8H,9-14H2,(H,22,25)(H,26,27). The first-order valence-corrected chi connectivity index (χ1v) is 8.82. The number of aromatic carboxylic acids is 1. The summed E-state index contributed by atoms with van der Waals surface area (Å²) in [7, 11) is 0. The van der Waals surface area contributed by atoms with Crippen LogP contribution in [0, 0.1) is 5.82 Å². The van der Waals surface area contributed by atoms with E-state index in [9.17, 15) is 14.0 Å². The van der Waals surface area contributed by atoms with Gasteiger partial charge in [-0.3, -0.25) is 14.6 Å². The number of hydrogen-bond donors (Lipinski definition) is 2. The molecule has 1 aliphatic heterocycles. The van der Waals surface area contributed by atoms with Gasteiger partial charge in [-0.1, -0.05) is 12.1 Å². The lowest BCUT2D eigenvalue weighted by molar-refractivity contribution is -0.117. The van der Waals surface area contributed by atoms with E-state index < -0.39 is 5.97 Å². The van der Waals surface area contributed by atoms with Crippen LogP contribution in [0.25, 0.3) is 0 Å². The van der Waals surface area contributed by atoms with Crippen molar-refractivity contribution in [2.24, 2.45) is 0 Å². The molecular formula is C20H22FN3O3. The zero-order valence-corrected chi connectivity index (χ0v) is 14.9. The zero-order chi connectivity index (χ0) is 19.2. The van der Waals surface area contributed by atoms with Crippen LogP contribution >= 0.6 is 0 Å². The van der Waals surface area contributed by atoms with Crippen LogP contribution in [0.1, 0.15) is 15.9 Å². The lowest BCUT2D eigenvalue weighted by atomic mass is 10.1. The summed E-state index contributed by atoms with van der Waals surface area (Å²) < 4.78 is 12.9. The average molecular weight is 371 g/mol. The van der Waals surface area contributed by atoms with Crippen molar-refractivity contribution in [3.05, 3.63) is 65.5 Å². The summed E-state index contributed by atoms with van der Waals surface area (Å²) in [5.41, 5.74) is 1.95. The number of carboxylic acids is 1. The van der Waals surface area contributed by atoms with Crippen LogP contribution in [-0.2, 0) is 11.3 Å². The number of anilines is 1. The normalized spacial score (nSPS) is 15.4. The third-order valence-corrected chi connectivity index (χ3v) is 4.57. The third kappa shape index (κ3) is 5.60. The van der Waals surface area contributed by atoms with Crippen molar-refractivity contribution < 1.29 is 19.1 Å². The second kappa shape index (κ2) is 8.75. The molecule has 2 aromatic rings. The molecule has 0 atom stereocenters. The number of carbonyl (C=O) groups excluding carboxylic acids is 1. The van der Waals surface area contributed by atoms with Crippen molar-refractivity contribution in [3.63, 3.8) is 0 Å². The van der Waals surface area contributed by atoms with Crippen molar-refractivity contribution in [1.82, 2.24) is 9.80 Å². The number of carbonyl (C=O) groups is 2. The minimum Gasteiger partial charge on any atom is -0.478 e. The Labute approximate surface area is 157 Å². The van der Waals surface area contributed by atoms with Crippen LogP contribution in [0.5, 0.6) is 0 Å². The second-order valence-corrected chi connectivity index (χ2v) is 6.61. The minimum atomic E-state index is -0.922. The fraction of sp³-hybridized carbons (Fsp3) is 0.300. The molecule has 0 saturated carbocycles. The Kier molecular flexibility index (Phi) is 6.16. The van der Waals surface area contributed by atoms with E-state index in [-0.39, 0.29) is 17.3 Å². The number of piperazine rings is 1. The highest BCUT2D eigenvalue weighted by molar-refractivity contribution is 5.92. The summed E-state index contributed by atoms with van der Waals surface area (Å²) in [6, 6.07) is 12.6. The van der Waals surface area contributed by atoms with Crippen LogP contribution in [0.3, 0.4) is 0 Å². The summed E-state index contributed by atoms with van der Waals surface area (Å²) >= 11 is 0. The van der Waals surface area contributed by atoms with Gasteiger partial charge in [-0.2, -0.15) is 0 Å². The summed E-state index contributed by atoms with van der Waals surface area (Å²) in [4.78, 5) is 27.4. The highest BCUT2D eigenvalue weighted by Gasteiger charge is 2.19. The van der Waals surface area contributed by atoms with Crippen molar-refractivity contribution in [2.45, 2.75) is 6.54 Å². The van der Waals surface area contributed by atoms with Crippen molar-refractivity contribution >= 4 is 17.6 Å². The summed E-state index contributed by atoms with van der Waals surface area (Å²) in [5.74, 6) is -1.37. The monoisotopic (exact) mass is 371 g/mol. The molecule has 142 valence electrons. The molecule has 0 spiro atoms. The van der Waals surface area contributed by atoms with Gasteiger partial charge in [-0.05, 0) is 42.0 Å². The van der Waals surface area contributed by atoms with Gasteiger partial charge in [-0.15, -0.1) is 0 Å². The Morgan fingerprint density at radius 2 is 1.52 bits per heavy atom. The Bertz CT molecular complexity index is 785. The molecule has 27 heavy (non-hydrogen) atoms. The SMILES string of the molecule is O=C(CN1CCN(Cc2ccc(C(=O)O)cc2)CC1)Nc1ccc(F)cc1. The van der Waals surface area contributed by atoms with E-state index in [1.807, 2.05) is 12.1 Å². The predicted molar refractivity (Wildman–Crippen MR) is 100 cm³/mol. The lowest BCUT2D eigenvalue weighted by Crippen LogP contribution is -2.48. The fourth-order valence-electron chi connectivity index (χ4n) is 3.05. The number of benzene rings is 2. The molecular weight excluding hydrogens is 349 g/mol. The van der Waals surface area contributed by atoms with Gasteiger partial charge in [0.25, 0.3) is 0 Å². The van der Waals surface area contributed by atoms with Crippen LogP contribution in [0.2, 0.25) is 0 Å². The van der Waals surface area contributed by atoms with E-state index in [0.717, 1.165) is 38.3 Å². The molecule has 6 nitrogen and oxygen atoms in total. The maximum Gasteiger partial charge on any atom is 0.335 e. The van der Waals surface area contributed by atoms with E-state index in [0.29, 0.717) is 12.2 Å². The number of rotatable bonds is 6. The molecule has 0 radical (unpaired) electrons. The minimum absolute atomic E-state index is 0.112. The Morgan fingerprint density at radius 3 is 2.11 bits per heavy atom. The molecule has 1 fully saturated rings. The Morgan fingerprint density at radius 1 is 0.926 bits per heavy atom. The molecule has 7 heteroatoms. The second-order valence-electron chi connectivity index (χ2n) is 6.61. The van der Waals surface area contributed by atoms with Crippen molar-refractivity contribution in [2.75, 3.05) is 38.0 Å². The van der Waals surface area contributed by atoms with Gasteiger partial charge in [0.2, 0.25) is 5.91 Å². The van der Waals surface area contributed by atoms with Gasteiger partial charge in [0, 0.05) is 38.4 Å². The topological polar surface area (TPSA) is 72.9 Å². The number of amides is 1. The molecule has 0 aromatic heterocycles. The van der Waals surface area contributed by atoms with Crippen molar-refractivity contribution in [3.8, 4) is 0 Å². The molecule has 0 aliphatic carbocycles. The lowest BCUT2D eigenvalue weighted by Gasteiger charge is -2.34. The predicted octanol–water partition coefficient (Wildman–Crippen LogP) is 2.28. The van der Waals surface area contributed by atoms with E-state index in [1.165, 1.54) is 12.1 Å². The largest absolute Gasteiger partial charge is 0.478 e. The third-order valence-electron chi connectivity index (χ3n) is 4.57. The maximum atomic E-state index is 12.9. The van der Waals surface area contributed by atoms with Gasteiger partial charge in [0.15, 0.2) is 0 Å². The highest BCUT2D eigenvalue weighted by Crippen LogP contribution is 2.11. The summed E-state index contributed by atoms with van der Waals surface area (Å²) in [6.45, 7) is 4.30. The van der Waals surface area contributed by atoms with E-state index in [2.05, 4.69) is 15.1 Å². The van der Waals surface area contributed by atoms with Gasteiger partial charge in [0.1, 0.15) is 5.82 Å². The number of nitrogens with one attached hydrogen (secondary N) is 1. The highest BCUT2D eigenvalue weighted by atomic mass is 19.1. The molecule has 1 amide bonds. The molecule has 3 rings (SSSR count). The zero-order valence-electron chi connectivity index (χ0n) is 14.9. The van der Waals surface area contributed by atoms with Crippen LogP contribution in [-0.4, -0.2) is 59.5 Å². The van der Waals surface area contributed by atoms with E-state index >= 15 is 0 Å². The molecule has 0 unspecified atom stereocenters. The number of hydrogen-bond acceptors (Lipinski definition) is 4. The average Bonchev–Trinajstić information content (AvgIpc) is 2.66. The summed E-state index contributed by atoms with van der Waals surface area (Å²) in [5, 5.41) is 11.7. The molecule has 1 aliphatic rings. The smallest absolute Gasteiger partial charge is 0.335 e. The number of carboxylic acid groups (broad SMARTS) is 1. The number of halogens is 1. The van der Waals surface area contributed by atoms with Crippen LogP contribution in [0.4, 0.5) is 10.1 Å². The van der Waals surface area contributed by atoms with Gasteiger partial charge in [0.05, 0.1) is 12.1 Å². The molecule has 1 heterocycles. The first kappa shape index (κ1) is 19.0. The van der Waals surface area contributed by atoms with Gasteiger partial charge < -0.3 is 10.4 Å². The molecule has 2 N–H and O–H groups in total. The van der Waals surface area contributed by atoms with Crippen LogP contribution < -0.4 is 5.32 Å². The van der Waals surface area contributed by atoms with E-state index in [4.69, 9.17) is 5.11 Å². The first-order chi connectivity index (χ1) is 13.0. The van der Waals surface area contributed by atoms with Crippen molar-refractivity contribution in [1.29, 1.82) is 0 Å². The molecule has 2 aromatic carbocycles. The molecule has 1 saturated heterocycles. The Balaban J connectivity index is 1.42. The van der Waals surface area contributed by atoms with Crippen LogP contribution in [0.15, 0.2) is 48.5 Å².